The highest BCUT2D eigenvalue weighted by Crippen LogP contribution is 1.95. The van der Waals surface area contributed by atoms with Gasteiger partial charge in [0.15, 0.2) is 0 Å². The Kier molecular flexibility index (Phi) is 4.72. The molecule has 0 saturated heterocycles. The summed E-state index contributed by atoms with van der Waals surface area (Å²) in [6.45, 7) is 6.72. The molecule has 0 N–H and O–H groups in total. The molecule has 0 unspecified atom stereocenters. The molecule has 0 radical (unpaired) electrons. The minimum atomic E-state index is 0.218. The lowest BCUT2D eigenvalue weighted by molar-refractivity contribution is -0.0233. The van der Waals surface area contributed by atoms with E-state index in [1.54, 1.807) is 7.11 Å². The second-order valence-corrected chi connectivity index (χ2v) is 2.45. The maximum atomic E-state index is 5.37. The Labute approximate surface area is 57.2 Å². The number of rotatable bonds is 4. The molecule has 0 aromatic carbocycles. The summed E-state index contributed by atoms with van der Waals surface area (Å²) in [6.07, 6.45) is 0.519. The zero-order chi connectivity index (χ0) is 7.28. The highest BCUT2D eigenvalue weighted by atomic mass is 16.5. The van der Waals surface area contributed by atoms with Crippen molar-refractivity contribution in [1.82, 2.24) is 0 Å². The summed E-state index contributed by atoms with van der Waals surface area (Å²) in [5.41, 5.74) is 0. The Bertz CT molecular complexity index is 61.9. The van der Waals surface area contributed by atoms with Crippen LogP contribution >= 0.6 is 0 Å². The quantitative estimate of drug-likeness (QED) is 0.576. The van der Waals surface area contributed by atoms with Gasteiger partial charge in [0.25, 0.3) is 0 Å². The van der Waals surface area contributed by atoms with Crippen LogP contribution in [0.2, 0.25) is 0 Å². The monoisotopic (exact) mass is 132 g/mol. The van der Waals surface area contributed by atoms with Crippen LogP contribution < -0.4 is 0 Å². The van der Waals surface area contributed by atoms with Crippen LogP contribution in [0.1, 0.15) is 20.8 Å². The molecular weight excluding hydrogens is 116 g/mol. The van der Waals surface area contributed by atoms with Gasteiger partial charge >= 0.3 is 0 Å². The van der Waals surface area contributed by atoms with Crippen LogP contribution in [-0.2, 0) is 9.47 Å². The molecule has 0 bridgehead atoms. The first-order valence-corrected chi connectivity index (χ1v) is 3.31. The highest BCUT2D eigenvalue weighted by molar-refractivity contribution is 4.48. The largest absolute Gasteiger partial charge is 0.382 e. The molecule has 1 atom stereocenters. The van der Waals surface area contributed by atoms with Crippen molar-refractivity contribution in [3.8, 4) is 0 Å². The fraction of sp³-hybridized carbons (Fsp3) is 1.00. The van der Waals surface area contributed by atoms with E-state index in [0.29, 0.717) is 12.7 Å². The number of methoxy groups -OCH3 is 1. The third kappa shape index (κ3) is 5.80. The fourth-order valence-electron chi connectivity index (χ4n) is 0.739. The van der Waals surface area contributed by atoms with E-state index in [9.17, 15) is 0 Å². The van der Waals surface area contributed by atoms with Gasteiger partial charge in [-0.25, -0.2) is 0 Å². The molecule has 9 heavy (non-hydrogen) atoms. The summed E-state index contributed by atoms with van der Waals surface area (Å²) in [5.74, 6) is 0. The summed E-state index contributed by atoms with van der Waals surface area (Å²) in [5, 5.41) is 0. The molecule has 0 heterocycles. The maximum Gasteiger partial charge on any atom is 0.0783 e. The molecule has 56 valence electrons. The minimum absolute atomic E-state index is 0.218. The normalized spacial score (nSPS) is 14.3. The molecule has 0 rings (SSSR count). The van der Waals surface area contributed by atoms with Crippen molar-refractivity contribution in [2.75, 3.05) is 13.7 Å². The second-order valence-electron chi connectivity index (χ2n) is 2.45. The molecular formula is C7H16O2. The Morgan fingerprint density at radius 2 is 1.78 bits per heavy atom. The molecule has 0 aliphatic heterocycles. The number of hydrogen-bond acceptors (Lipinski definition) is 2. The predicted octanol–water partition coefficient (Wildman–Crippen LogP) is 1.45. The topological polar surface area (TPSA) is 18.5 Å². The van der Waals surface area contributed by atoms with E-state index in [0.717, 1.165) is 0 Å². The van der Waals surface area contributed by atoms with Gasteiger partial charge in [-0.1, -0.05) is 0 Å². The third-order valence-corrected chi connectivity index (χ3v) is 0.906. The van der Waals surface area contributed by atoms with Crippen molar-refractivity contribution >= 4 is 0 Å². The first-order valence-electron chi connectivity index (χ1n) is 3.31. The van der Waals surface area contributed by atoms with Crippen LogP contribution in [0.25, 0.3) is 0 Å². The standard InChI is InChI=1S/C7H16O2/c1-6(2)9-7(3)5-8-4/h6-7H,5H2,1-4H3/t7-/m0/s1. The summed E-state index contributed by atoms with van der Waals surface area (Å²) in [4.78, 5) is 0. The van der Waals surface area contributed by atoms with Gasteiger partial charge in [-0.05, 0) is 20.8 Å². The van der Waals surface area contributed by atoms with Gasteiger partial charge in [0.1, 0.15) is 0 Å². The van der Waals surface area contributed by atoms with E-state index in [-0.39, 0.29) is 6.10 Å². The van der Waals surface area contributed by atoms with Crippen molar-refractivity contribution in [2.24, 2.45) is 0 Å². The van der Waals surface area contributed by atoms with E-state index in [1.807, 2.05) is 20.8 Å². The molecule has 0 aromatic heterocycles. The average Bonchev–Trinajstić information content (AvgIpc) is 1.63. The molecule has 0 amide bonds. The zero-order valence-corrected chi connectivity index (χ0v) is 6.68. The van der Waals surface area contributed by atoms with Gasteiger partial charge in [0.05, 0.1) is 18.8 Å². The third-order valence-electron chi connectivity index (χ3n) is 0.906. The predicted molar refractivity (Wildman–Crippen MR) is 37.6 cm³/mol. The summed E-state index contributed by atoms with van der Waals surface area (Å²) in [7, 11) is 1.68. The van der Waals surface area contributed by atoms with E-state index in [2.05, 4.69) is 0 Å². The fourth-order valence-corrected chi connectivity index (χ4v) is 0.739. The minimum Gasteiger partial charge on any atom is -0.382 e. The van der Waals surface area contributed by atoms with Gasteiger partial charge in [-0.15, -0.1) is 0 Å². The number of hydrogen-bond donors (Lipinski definition) is 0. The summed E-state index contributed by atoms with van der Waals surface area (Å²) in [6, 6.07) is 0. The Morgan fingerprint density at radius 1 is 1.22 bits per heavy atom. The Balaban J connectivity index is 3.15. The first kappa shape index (κ1) is 8.92. The lowest BCUT2D eigenvalue weighted by Gasteiger charge is -2.14. The molecule has 0 aliphatic carbocycles. The average molecular weight is 132 g/mol. The van der Waals surface area contributed by atoms with Crippen molar-refractivity contribution in [1.29, 1.82) is 0 Å². The molecule has 0 saturated carbocycles. The van der Waals surface area contributed by atoms with Crippen LogP contribution in [0.4, 0.5) is 0 Å². The maximum absolute atomic E-state index is 5.37. The van der Waals surface area contributed by atoms with Crippen LogP contribution in [0.15, 0.2) is 0 Å². The smallest absolute Gasteiger partial charge is 0.0783 e. The molecule has 0 aromatic rings. The second kappa shape index (κ2) is 4.77. The van der Waals surface area contributed by atoms with Crippen molar-refractivity contribution in [3.63, 3.8) is 0 Å². The van der Waals surface area contributed by atoms with Crippen LogP contribution in [0.5, 0.6) is 0 Å². The Morgan fingerprint density at radius 3 is 2.11 bits per heavy atom. The van der Waals surface area contributed by atoms with Crippen molar-refractivity contribution in [3.05, 3.63) is 0 Å². The van der Waals surface area contributed by atoms with Gasteiger partial charge in [0.2, 0.25) is 0 Å². The molecule has 0 aliphatic rings. The van der Waals surface area contributed by atoms with Crippen molar-refractivity contribution < 1.29 is 9.47 Å². The van der Waals surface area contributed by atoms with E-state index >= 15 is 0 Å². The highest BCUT2D eigenvalue weighted by Gasteiger charge is 2.01. The molecule has 0 spiro atoms. The van der Waals surface area contributed by atoms with Crippen LogP contribution in [0.3, 0.4) is 0 Å². The lowest BCUT2D eigenvalue weighted by atomic mass is 10.4. The van der Waals surface area contributed by atoms with E-state index < -0.39 is 0 Å². The summed E-state index contributed by atoms with van der Waals surface area (Å²) < 4.78 is 10.2. The summed E-state index contributed by atoms with van der Waals surface area (Å²) >= 11 is 0. The first-order chi connectivity index (χ1) is 4.16. The zero-order valence-electron chi connectivity index (χ0n) is 6.68. The van der Waals surface area contributed by atoms with Gasteiger partial charge in [-0.2, -0.15) is 0 Å². The van der Waals surface area contributed by atoms with Gasteiger partial charge < -0.3 is 9.47 Å². The van der Waals surface area contributed by atoms with E-state index in [1.165, 1.54) is 0 Å². The van der Waals surface area contributed by atoms with Gasteiger partial charge in [-0.3, -0.25) is 0 Å². The molecule has 2 heteroatoms. The number of ether oxygens (including phenoxy) is 2. The Hall–Kier alpha value is -0.0800. The SMILES string of the molecule is COC[C@H](C)OC(C)C. The molecule has 0 fully saturated rings. The van der Waals surface area contributed by atoms with Crippen molar-refractivity contribution in [2.45, 2.75) is 33.0 Å². The van der Waals surface area contributed by atoms with E-state index in [4.69, 9.17) is 9.47 Å². The van der Waals surface area contributed by atoms with Crippen LogP contribution in [-0.4, -0.2) is 25.9 Å². The van der Waals surface area contributed by atoms with Crippen LogP contribution in [0, 0.1) is 0 Å². The lowest BCUT2D eigenvalue weighted by Crippen LogP contribution is -2.18. The molecule has 2 nitrogen and oxygen atoms in total. The van der Waals surface area contributed by atoms with Gasteiger partial charge in [0, 0.05) is 7.11 Å².